The van der Waals surface area contributed by atoms with E-state index in [2.05, 4.69) is 81.4 Å². The maximum atomic E-state index is 2.36. The summed E-state index contributed by atoms with van der Waals surface area (Å²) in [6.07, 6.45) is 1.07. The summed E-state index contributed by atoms with van der Waals surface area (Å²) in [7, 11) is -0.916. The first kappa shape index (κ1) is 14.5. The van der Waals surface area contributed by atoms with Crippen LogP contribution in [0.15, 0.2) is 60.7 Å². The Morgan fingerprint density at radius 2 is 1.17 bits per heavy atom. The predicted octanol–water partition coefficient (Wildman–Crippen LogP) is 3.03. The fourth-order valence-electron chi connectivity index (χ4n) is 4.03. The standard InChI is InChI=1S/C22H21Si/c1-15-12-16(2)22(17(3)13-15)23-20-10-6-4-8-18(20)14-19-9-5-7-11-21(19)23/h4-13H,14H2,1-3H3. The Morgan fingerprint density at radius 1 is 0.696 bits per heavy atom. The van der Waals surface area contributed by atoms with Crippen LogP contribution in [0.4, 0.5) is 0 Å². The summed E-state index contributed by atoms with van der Waals surface area (Å²) in [5, 5.41) is 4.73. The molecule has 1 heterocycles. The molecule has 1 heteroatoms. The monoisotopic (exact) mass is 313 g/mol. The van der Waals surface area contributed by atoms with Crippen LogP contribution in [0, 0.1) is 20.8 Å². The topological polar surface area (TPSA) is 0 Å². The Balaban J connectivity index is 2.02. The Kier molecular flexibility index (Phi) is 3.46. The van der Waals surface area contributed by atoms with Crippen LogP contribution in [0.2, 0.25) is 0 Å². The van der Waals surface area contributed by atoms with Crippen LogP contribution in [0.5, 0.6) is 0 Å². The average molecular weight is 313 g/mol. The molecule has 0 bridgehead atoms. The SMILES string of the molecule is Cc1cc(C)c([Si]2c3ccccc3Cc3ccccc32)c(C)c1. The molecule has 0 amide bonds. The maximum Gasteiger partial charge on any atom is 0.155 e. The van der Waals surface area contributed by atoms with Gasteiger partial charge in [-0.3, -0.25) is 0 Å². The molecule has 0 saturated carbocycles. The van der Waals surface area contributed by atoms with Crippen molar-refractivity contribution in [3.05, 3.63) is 88.5 Å². The van der Waals surface area contributed by atoms with Gasteiger partial charge in [-0.2, -0.15) is 0 Å². The van der Waals surface area contributed by atoms with Gasteiger partial charge in [-0.1, -0.05) is 77.4 Å². The largest absolute Gasteiger partial charge is 0.155 e. The molecule has 1 aliphatic rings. The Labute approximate surface area is 140 Å². The van der Waals surface area contributed by atoms with Crippen molar-refractivity contribution in [2.24, 2.45) is 0 Å². The molecular weight excluding hydrogens is 292 g/mol. The van der Waals surface area contributed by atoms with Crippen LogP contribution in [0.3, 0.4) is 0 Å². The lowest BCUT2D eigenvalue weighted by atomic mass is 10.0. The van der Waals surface area contributed by atoms with Gasteiger partial charge < -0.3 is 0 Å². The highest BCUT2D eigenvalue weighted by molar-refractivity contribution is 6.97. The minimum Gasteiger partial charge on any atom is -0.0623 e. The number of rotatable bonds is 1. The van der Waals surface area contributed by atoms with Gasteiger partial charge in [-0.05, 0) is 53.9 Å². The molecule has 1 radical (unpaired) electrons. The zero-order valence-corrected chi connectivity index (χ0v) is 15.0. The van der Waals surface area contributed by atoms with Crippen LogP contribution in [0.1, 0.15) is 27.8 Å². The molecule has 0 saturated heterocycles. The van der Waals surface area contributed by atoms with E-state index >= 15 is 0 Å². The van der Waals surface area contributed by atoms with Crippen molar-refractivity contribution in [2.45, 2.75) is 27.2 Å². The van der Waals surface area contributed by atoms with Crippen molar-refractivity contribution in [1.29, 1.82) is 0 Å². The van der Waals surface area contributed by atoms with Crippen LogP contribution < -0.4 is 15.6 Å². The molecule has 0 aromatic heterocycles. The smallest absolute Gasteiger partial charge is 0.0623 e. The second-order valence-corrected chi connectivity index (χ2v) is 8.97. The molecule has 4 rings (SSSR count). The van der Waals surface area contributed by atoms with Crippen molar-refractivity contribution >= 4 is 24.4 Å². The number of fused-ring (bicyclic) bond motifs is 2. The molecule has 0 fully saturated rings. The third kappa shape index (κ3) is 2.36. The molecule has 3 aromatic carbocycles. The molecule has 0 N–H and O–H groups in total. The Hall–Kier alpha value is -2.12. The van der Waals surface area contributed by atoms with E-state index in [0.29, 0.717) is 0 Å². The van der Waals surface area contributed by atoms with Gasteiger partial charge in [0.2, 0.25) is 0 Å². The van der Waals surface area contributed by atoms with Gasteiger partial charge in [0.1, 0.15) is 0 Å². The third-order valence-corrected chi connectivity index (χ3v) is 8.22. The number of hydrogen-bond acceptors (Lipinski definition) is 0. The molecule has 0 nitrogen and oxygen atoms in total. The summed E-state index contributed by atoms with van der Waals surface area (Å²) in [5.74, 6) is 0. The van der Waals surface area contributed by atoms with Crippen LogP contribution in [0.25, 0.3) is 0 Å². The first-order valence-electron chi connectivity index (χ1n) is 8.27. The highest BCUT2D eigenvalue weighted by Crippen LogP contribution is 2.16. The van der Waals surface area contributed by atoms with Crippen molar-refractivity contribution in [3.63, 3.8) is 0 Å². The van der Waals surface area contributed by atoms with Crippen LogP contribution in [-0.4, -0.2) is 8.80 Å². The molecule has 3 aromatic rings. The van der Waals surface area contributed by atoms with E-state index in [9.17, 15) is 0 Å². The summed E-state index contributed by atoms with van der Waals surface area (Å²) in [6.45, 7) is 6.77. The number of benzene rings is 3. The Morgan fingerprint density at radius 3 is 1.70 bits per heavy atom. The highest BCUT2D eigenvalue weighted by atomic mass is 28.3. The van der Waals surface area contributed by atoms with Gasteiger partial charge in [0.25, 0.3) is 0 Å². The Bertz CT molecular complexity index is 823. The summed E-state index contributed by atoms with van der Waals surface area (Å²) >= 11 is 0. The lowest BCUT2D eigenvalue weighted by molar-refractivity contribution is 1.21. The van der Waals surface area contributed by atoms with E-state index in [0.717, 1.165) is 6.42 Å². The summed E-state index contributed by atoms with van der Waals surface area (Å²) in [6, 6.07) is 22.8. The predicted molar refractivity (Wildman–Crippen MR) is 101 cm³/mol. The minimum absolute atomic E-state index is 0.916. The lowest BCUT2D eigenvalue weighted by Crippen LogP contribution is -2.58. The van der Waals surface area contributed by atoms with Crippen molar-refractivity contribution < 1.29 is 0 Å². The normalized spacial score (nSPS) is 13.5. The maximum absolute atomic E-state index is 2.36. The van der Waals surface area contributed by atoms with E-state index in [4.69, 9.17) is 0 Å². The van der Waals surface area contributed by atoms with E-state index in [-0.39, 0.29) is 0 Å². The number of aryl methyl sites for hydroxylation is 3. The molecule has 0 unspecified atom stereocenters. The molecule has 113 valence electrons. The molecule has 1 aliphatic heterocycles. The van der Waals surface area contributed by atoms with Gasteiger partial charge in [-0.25, -0.2) is 0 Å². The molecule has 0 atom stereocenters. The summed E-state index contributed by atoms with van der Waals surface area (Å²) in [4.78, 5) is 0. The molecular formula is C22H21Si. The second kappa shape index (κ2) is 5.50. The average Bonchev–Trinajstić information content (AvgIpc) is 2.53. The zero-order chi connectivity index (χ0) is 16.0. The number of hydrogen-bond donors (Lipinski definition) is 0. The van der Waals surface area contributed by atoms with E-state index in [1.807, 2.05) is 0 Å². The van der Waals surface area contributed by atoms with Gasteiger partial charge >= 0.3 is 0 Å². The van der Waals surface area contributed by atoms with E-state index < -0.39 is 8.80 Å². The summed E-state index contributed by atoms with van der Waals surface area (Å²) in [5.41, 5.74) is 7.29. The first-order chi connectivity index (χ1) is 11.1. The van der Waals surface area contributed by atoms with Gasteiger partial charge in [0.05, 0.1) is 0 Å². The first-order valence-corrected chi connectivity index (χ1v) is 9.77. The highest BCUT2D eigenvalue weighted by Gasteiger charge is 2.30. The van der Waals surface area contributed by atoms with Crippen molar-refractivity contribution in [2.75, 3.05) is 0 Å². The molecule has 0 aliphatic carbocycles. The molecule has 23 heavy (non-hydrogen) atoms. The molecule has 0 spiro atoms. The van der Waals surface area contributed by atoms with Crippen LogP contribution >= 0.6 is 0 Å². The van der Waals surface area contributed by atoms with Crippen molar-refractivity contribution in [1.82, 2.24) is 0 Å². The zero-order valence-electron chi connectivity index (χ0n) is 14.0. The van der Waals surface area contributed by atoms with Gasteiger partial charge in [0.15, 0.2) is 8.80 Å². The summed E-state index contributed by atoms with van der Waals surface area (Å²) < 4.78 is 0. The fraction of sp³-hybridized carbons (Fsp3) is 0.182. The quantitative estimate of drug-likeness (QED) is 0.474. The fourth-order valence-corrected chi connectivity index (χ4v) is 7.30. The van der Waals surface area contributed by atoms with Gasteiger partial charge in [0, 0.05) is 0 Å². The third-order valence-electron chi connectivity index (χ3n) is 4.88. The van der Waals surface area contributed by atoms with Crippen molar-refractivity contribution in [3.8, 4) is 0 Å². The second-order valence-electron chi connectivity index (χ2n) is 6.64. The lowest BCUT2D eigenvalue weighted by Gasteiger charge is -2.29. The van der Waals surface area contributed by atoms with Gasteiger partial charge in [-0.15, -0.1) is 0 Å². The van der Waals surface area contributed by atoms with E-state index in [1.54, 1.807) is 15.6 Å². The van der Waals surface area contributed by atoms with E-state index in [1.165, 1.54) is 27.8 Å². The van der Waals surface area contributed by atoms with Crippen LogP contribution in [-0.2, 0) is 6.42 Å². The minimum atomic E-state index is -0.916.